The fourth-order valence-corrected chi connectivity index (χ4v) is 1.04. The maximum absolute atomic E-state index is 5.51. The molecule has 0 aromatic heterocycles. The molecule has 0 bridgehead atoms. The van der Waals surface area contributed by atoms with Gasteiger partial charge in [0.2, 0.25) is 0 Å². The van der Waals surface area contributed by atoms with Crippen LogP contribution in [0.1, 0.15) is 38.5 Å². The van der Waals surface area contributed by atoms with Gasteiger partial charge >= 0.3 is 0 Å². The van der Waals surface area contributed by atoms with Gasteiger partial charge in [0.1, 0.15) is 0 Å². The molecule has 0 aromatic rings. The van der Waals surface area contributed by atoms with Crippen LogP contribution in [0.3, 0.4) is 0 Å². The van der Waals surface area contributed by atoms with Crippen molar-refractivity contribution >= 4 is 11.6 Å². The Balaban J connectivity index is 2.72. The number of unbranched alkanes of at least 4 members (excludes halogenated alkanes) is 5. The molecule has 58 valence electrons. The van der Waals surface area contributed by atoms with Gasteiger partial charge in [-0.05, 0) is 12.8 Å². The molecule has 0 radical (unpaired) electrons. The SMILES string of the molecule is C#CCCCCCCCCl. The molecule has 10 heavy (non-hydrogen) atoms. The Kier molecular flexibility index (Phi) is 8.72. The lowest BCUT2D eigenvalue weighted by atomic mass is 10.1. The van der Waals surface area contributed by atoms with Crippen LogP contribution in [0.5, 0.6) is 0 Å². The standard InChI is InChI=1S/C9H15Cl/c1-2-3-4-5-6-7-8-9-10/h1H,3-9H2. The molecule has 0 spiro atoms. The molecule has 0 aliphatic heterocycles. The van der Waals surface area contributed by atoms with Crippen molar-refractivity contribution in [2.45, 2.75) is 38.5 Å². The fraction of sp³-hybridized carbons (Fsp3) is 0.778. The summed E-state index contributed by atoms with van der Waals surface area (Å²) in [6.45, 7) is 0. The third-order valence-electron chi connectivity index (χ3n) is 1.45. The predicted octanol–water partition coefficient (Wildman–Crippen LogP) is 3.20. The monoisotopic (exact) mass is 158 g/mol. The highest BCUT2D eigenvalue weighted by Crippen LogP contribution is 2.04. The zero-order chi connectivity index (χ0) is 7.66. The van der Waals surface area contributed by atoms with Crippen molar-refractivity contribution in [3.05, 3.63) is 0 Å². The highest BCUT2D eigenvalue weighted by atomic mass is 35.5. The van der Waals surface area contributed by atoms with E-state index in [9.17, 15) is 0 Å². The minimum atomic E-state index is 0.801. The van der Waals surface area contributed by atoms with Crippen LogP contribution in [0.2, 0.25) is 0 Å². The third kappa shape index (κ3) is 7.85. The normalized spacial score (nSPS) is 9.20. The lowest BCUT2D eigenvalue weighted by molar-refractivity contribution is 0.643. The summed E-state index contributed by atoms with van der Waals surface area (Å²) in [7, 11) is 0. The molecule has 0 heterocycles. The number of alkyl halides is 1. The highest BCUT2D eigenvalue weighted by molar-refractivity contribution is 6.17. The topological polar surface area (TPSA) is 0 Å². The molecule has 0 unspecified atom stereocenters. The summed E-state index contributed by atoms with van der Waals surface area (Å²) in [5, 5.41) is 0. The molecule has 0 atom stereocenters. The zero-order valence-corrected chi connectivity index (χ0v) is 7.16. The lowest BCUT2D eigenvalue weighted by Crippen LogP contribution is -1.78. The van der Waals surface area contributed by atoms with Crippen molar-refractivity contribution in [2.75, 3.05) is 5.88 Å². The average molecular weight is 159 g/mol. The second kappa shape index (κ2) is 8.85. The van der Waals surface area contributed by atoms with Gasteiger partial charge in [0, 0.05) is 12.3 Å². The molecule has 0 nitrogen and oxygen atoms in total. The van der Waals surface area contributed by atoms with E-state index in [0.29, 0.717) is 0 Å². The first-order valence-electron chi connectivity index (χ1n) is 3.91. The second-order valence-electron chi connectivity index (χ2n) is 2.41. The average Bonchev–Trinajstić information content (AvgIpc) is 1.97. The molecular formula is C9H15Cl. The zero-order valence-electron chi connectivity index (χ0n) is 6.41. The van der Waals surface area contributed by atoms with E-state index in [2.05, 4.69) is 5.92 Å². The van der Waals surface area contributed by atoms with Gasteiger partial charge in [-0.2, -0.15) is 0 Å². The summed E-state index contributed by atoms with van der Waals surface area (Å²) >= 11 is 5.51. The van der Waals surface area contributed by atoms with Crippen LogP contribution >= 0.6 is 11.6 Å². The summed E-state index contributed by atoms with van der Waals surface area (Å²) in [6.07, 6.45) is 12.2. The van der Waals surface area contributed by atoms with E-state index in [1.165, 1.54) is 25.7 Å². The maximum atomic E-state index is 5.51. The van der Waals surface area contributed by atoms with E-state index in [0.717, 1.165) is 18.7 Å². The first kappa shape index (κ1) is 9.85. The largest absolute Gasteiger partial charge is 0.127 e. The van der Waals surface area contributed by atoms with Gasteiger partial charge < -0.3 is 0 Å². The van der Waals surface area contributed by atoms with Crippen LogP contribution in [-0.2, 0) is 0 Å². The molecule has 0 aromatic carbocycles. The summed E-state index contributed by atoms with van der Waals surface area (Å²) in [6, 6.07) is 0. The van der Waals surface area contributed by atoms with Gasteiger partial charge in [0.15, 0.2) is 0 Å². The molecule has 0 aliphatic carbocycles. The minimum Gasteiger partial charge on any atom is -0.127 e. The van der Waals surface area contributed by atoms with E-state index < -0.39 is 0 Å². The molecule has 0 rings (SSSR count). The molecule has 1 heteroatoms. The van der Waals surface area contributed by atoms with Gasteiger partial charge in [-0.25, -0.2) is 0 Å². The lowest BCUT2D eigenvalue weighted by Gasteiger charge is -1.95. The molecule has 0 N–H and O–H groups in total. The third-order valence-corrected chi connectivity index (χ3v) is 1.72. The van der Waals surface area contributed by atoms with Gasteiger partial charge in [-0.1, -0.05) is 19.3 Å². The summed E-state index contributed by atoms with van der Waals surface area (Å²) in [5.74, 6) is 3.43. The molecule has 0 aliphatic rings. The molecule has 0 saturated heterocycles. The fourth-order valence-electron chi connectivity index (χ4n) is 0.852. The van der Waals surface area contributed by atoms with Crippen molar-refractivity contribution in [1.82, 2.24) is 0 Å². The first-order valence-corrected chi connectivity index (χ1v) is 4.44. The summed E-state index contributed by atoms with van der Waals surface area (Å²) < 4.78 is 0. The second-order valence-corrected chi connectivity index (χ2v) is 2.79. The number of halogens is 1. The van der Waals surface area contributed by atoms with Gasteiger partial charge in [0.25, 0.3) is 0 Å². The van der Waals surface area contributed by atoms with Crippen LogP contribution in [0, 0.1) is 12.3 Å². The highest BCUT2D eigenvalue weighted by Gasteiger charge is 1.87. The van der Waals surface area contributed by atoms with Crippen LogP contribution < -0.4 is 0 Å². The van der Waals surface area contributed by atoms with Crippen LogP contribution in [0.15, 0.2) is 0 Å². The quantitative estimate of drug-likeness (QED) is 0.317. The minimum absolute atomic E-state index is 0.801. The smallest absolute Gasteiger partial charge is 0.0223 e. The Hall–Kier alpha value is -0.150. The number of rotatable bonds is 6. The molecule has 0 amide bonds. The Morgan fingerprint density at radius 3 is 2.20 bits per heavy atom. The van der Waals surface area contributed by atoms with Crippen LogP contribution in [-0.4, -0.2) is 5.88 Å². The number of hydrogen-bond acceptors (Lipinski definition) is 0. The predicted molar refractivity (Wildman–Crippen MR) is 47.3 cm³/mol. The van der Waals surface area contributed by atoms with E-state index in [4.69, 9.17) is 18.0 Å². The summed E-state index contributed by atoms with van der Waals surface area (Å²) in [5.41, 5.74) is 0. The van der Waals surface area contributed by atoms with Crippen LogP contribution in [0.25, 0.3) is 0 Å². The number of hydrogen-bond donors (Lipinski definition) is 0. The van der Waals surface area contributed by atoms with E-state index in [1.54, 1.807) is 0 Å². The van der Waals surface area contributed by atoms with E-state index in [-0.39, 0.29) is 0 Å². The van der Waals surface area contributed by atoms with Crippen molar-refractivity contribution in [1.29, 1.82) is 0 Å². The first-order chi connectivity index (χ1) is 4.91. The van der Waals surface area contributed by atoms with E-state index in [1.807, 2.05) is 0 Å². The number of terminal acetylenes is 1. The Morgan fingerprint density at radius 1 is 1.00 bits per heavy atom. The summed E-state index contributed by atoms with van der Waals surface area (Å²) in [4.78, 5) is 0. The van der Waals surface area contributed by atoms with Gasteiger partial charge in [-0.3, -0.25) is 0 Å². The molecule has 0 saturated carbocycles. The molecule has 0 fully saturated rings. The molecular weight excluding hydrogens is 144 g/mol. The van der Waals surface area contributed by atoms with Gasteiger partial charge in [0.05, 0.1) is 0 Å². The van der Waals surface area contributed by atoms with Gasteiger partial charge in [-0.15, -0.1) is 23.9 Å². The van der Waals surface area contributed by atoms with Crippen molar-refractivity contribution in [2.24, 2.45) is 0 Å². The van der Waals surface area contributed by atoms with E-state index >= 15 is 0 Å². The maximum Gasteiger partial charge on any atom is 0.0223 e. The Labute approximate surface area is 69.0 Å². The Bertz CT molecular complexity index is 91.4. The van der Waals surface area contributed by atoms with Crippen molar-refractivity contribution in [3.8, 4) is 12.3 Å². The van der Waals surface area contributed by atoms with Crippen LogP contribution in [0.4, 0.5) is 0 Å². The van der Waals surface area contributed by atoms with Crippen molar-refractivity contribution in [3.63, 3.8) is 0 Å². The van der Waals surface area contributed by atoms with Crippen molar-refractivity contribution < 1.29 is 0 Å². The Morgan fingerprint density at radius 2 is 1.60 bits per heavy atom.